The molecule has 2 aromatic carbocycles. The van der Waals surface area contributed by atoms with Gasteiger partial charge in [0, 0.05) is 17.3 Å². The average molecular weight is 481 g/mol. The molecule has 0 atom stereocenters. The second-order valence-corrected chi connectivity index (χ2v) is 8.53. The summed E-state index contributed by atoms with van der Waals surface area (Å²) in [6.07, 6.45) is 3.07. The normalized spacial score (nSPS) is 15.5. The Kier molecular flexibility index (Phi) is 8.26. The number of fused-ring (bicyclic) bond motifs is 1. The zero-order chi connectivity index (χ0) is 24.6. The maximum absolute atomic E-state index is 13.6. The predicted molar refractivity (Wildman–Crippen MR) is 132 cm³/mol. The summed E-state index contributed by atoms with van der Waals surface area (Å²) in [5.74, 6) is 1.71. The summed E-state index contributed by atoms with van der Waals surface area (Å²) in [6.45, 7) is 8.40. The third kappa shape index (κ3) is 6.14. The Labute approximate surface area is 206 Å². The lowest BCUT2D eigenvalue weighted by atomic mass is 9.97. The maximum atomic E-state index is 13.6. The van der Waals surface area contributed by atoms with E-state index in [1.807, 2.05) is 49.4 Å². The Morgan fingerprint density at radius 3 is 2.69 bits per heavy atom. The van der Waals surface area contributed by atoms with Crippen LogP contribution in [-0.2, 0) is 20.9 Å². The molecule has 2 aliphatic rings. The zero-order valence-electron chi connectivity index (χ0n) is 20.1. The van der Waals surface area contributed by atoms with Crippen LogP contribution in [0.5, 0.6) is 17.2 Å². The lowest BCUT2D eigenvalue weighted by Gasteiger charge is -2.32. The van der Waals surface area contributed by atoms with Crippen LogP contribution in [0.3, 0.4) is 0 Å². The summed E-state index contributed by atoms with van der Waals surface area (Å²) >= 11 is 0. The summed E-state index contributed by atoms with van der Waals surface area (Å²) in [7, 11) is 0. The van der Waals surface area contributed by atoms with Crippen LogP contribution in [0.2, 0.25) is 0 Å². The molecule has 2 aromatic rings. The first-order chi connectivity index (χ1) is 17.1. The van der Waals surface area contributed by atoms with Gasteiger partial charge in [0.2, 0.25) is 12.7 Å². The number of likely N-dealkylation sites (tertiary alicyclic amines) is 1. The molecule has 8 nitrogen and oxygen atoms in total. The van der Waals surface area contributed by atoms with Gasteiger partial charge in [-0.25, -0.2) is 0 Å². The van der Waals surface area contributed by atoms with E-state index in [9.17, 15) is 9.59 Å². The molecule has 0 aliphatic carbocycles. The number of rotatable bonds is 10. The maximum Gasteiger partial charge on any atom is 0.309 e. The van der Waals surface area contributed by atoms with Crippen molar-refractivity contribution < 1.29 is 28.5 Å². The van der Waals surface area contributed by atoms with Gasteiger partial charge in [0.1, 0.15) is 12.4 Å². The predicted octanol–water partition coefficient (Wildman–Crippen LogP) is 3.79. The van der Waals surface area contributed by atoms with E-state index in [4.69, 9.17) is 18.9 Å². The van der Waals surface area contributed by atoms with Crippen molar-refractivity contribution in [2.24, 2.45) is 5.92 Å². The van der Waals surface area contributed by atoms with Crippen LogP contribution in [0.4, 0.5) is 5.69 Å². The number of piperidine rings is 1. The lowest BCUT2D eigenvalue weighted by Crippen LogP contribution is -2.44. The van der Waals surface area contributed by atoms with Crippen LogP contribution in [0.1, 0.15) is 25.3 Å². The molecule has 0 unspecified atom stereocenters. The van der Waals surface area contributed by atoms with Gasteiger partial charge in [0.05, 0.1) is 25.6 Å². The number of carbonyl (C=O) groups is 2. The third-order valence-corrected chi connectivity index (χ3v) is 6.19. The highest BCUT2D eigenvalue weighted by Crippen LogP contribution is 2.36. The van der Waals surface area contributed by atoms with Gasteiger partial charge < -0.3 is 23.8 Å². The molecule has 2 aliphatic heterocycles. The monoisotopic (exact) mass is 480 g/mol. The van der Waals surface area contributed by atoms with Gasteiger partial charge in [-0.3, -0.25) is 14.5 Å². The summed E-state index contributed by atoms with van der Waals surface area (Å²) in [4.78, 5) is 29.5. The van der Waals surface area contributed by atoms with E-state index in [2.05, 4.69) is 11.5 Å². The summed E-state index contributed by atoms with van der Waals surface area (Å²) in [5, 5.41) is 0. The van der Waals surface area contributed by atoms with Gasteiger partial charge in [-0.2, -0.15) is 0 Å². The van der Waals surface area contributed by atoms with Crippen molar-refractivity contribution >= 4 is 17.6 Å². The van der Waals surface area contributed by atoms with E-state index in [1.165, 1.54) is 0 Å². The van der Waals surface area contributed by atoms with Crippen molar-refractivity contribution in [3.63, 3.8) is 0 Å². The summed E-state index contributed by atoms with van der Waals surface area (Å²) in [5.41, 5.74) is 1.61. The molecule has 8 heteroatoms. The van der Waals surface area contributed by atoms with Gasteiger partial charge in [0.15, 0.2) is 11.5 Å². The van der Waals surface area contributed by atoms with Crippen molar-refractivity contribution in [1.29, 1.82) is 0 Å². The minimum absolute atomic E-state index is 0.0445. The van der Waals surface area contributed by atoms with E-state index >= 15 is 0 Å². The van der Waals surface area contributed by atoms with Gasteiger partial charge in [-0.15, -0.1) is 0 Å². The molecule has 35 heavy (non-hydrogen) atoms. The van der Waals surface area contributed by atoms with Gasteiger partial charge in [-0.05, 0) is 51.1 Å². The number of ether oxygens (including phenoxy) is 4. The molecule has 186 valence electrons. The molecule has 0 aromatic heterocycles. The fraction of sp³-hybridized carbons (Fsp3) is 0.407. The number of hydrogen-bond acceptors (Lipinski definition) is 7. The molecule has 0 radical (unpaired) electrons. The Balaban J connectivity index is 1.51. The number of hydrogen-bond donors (Lipinski definition) is 0. The number of carbonyl (C=O) groups excluding carboxylic acids is 2. The number of nitrogens with zero attached hydrogens (tertiary/aromatic N) is 2. The Morgan fingerprint density at radius 2 is 1.91 bits per heavy atom. The van der Waals surface area contributed by atoms with Crippen LogP contribution in [0.25, 0.3) is 0 Å². The smallest absolute Gasteiger partial charge is 0.309 e. The fourth-order valence-electron chi connectivity index (χ4n) is 4.33. The van der Waals surface area contributed by atoms with Crippen LogP contribution in [0.15, 0.2) is 55.1 Å². The highest BCUT2D eigenvalue weighted by atomic mass is 16.7. The largest absolute Gasteiger partial charge is 0.489 e. The van der Waals surface area contributed by atoms with Crippen molar-refractivity contribution in [3.05, 3.63) is 60.7 Å². The molecule has 1 saturated heterocycles. The van der Waals surface area contributed by atoms with Gasteiger partial charge >= 0.3 is 5.97 Å². The molecule has 0 N–H and O–H groups in total. The Morgan fingerprint density at radius 1 is 1.14 bits per heavy atom. The number of benzene rings is 2. The van der Waals surface area contributed by atoms with E-state index in [-0.39, 0.29) is 31.1 Å². The minimum Gasteiger partial charge on any atom is -0.489 e. The SMILES string of the molecule is C=CCOc1ccccc1CN(C(=O)CN1CCC(C(=O)OCC)CC1)c1ccc2c(c1)OCO2. The van der Waals surface area contributed by atoms with Crippen LogP contribution < -0.4 is 19.1 Å². The van der Waals surface area contributed by atoms with E-state index < -0.39 is 0 Å². The first kappa shape index (κ1) is 24.6. The first-order valence-corrected chi connectivity index (χ1v) is 12.0. The highest BCUT2D eigenvalue weighted by Gasteiger charge is 2.29. The molecule has 1 amide bonds. The highest BCUT2D eigenvalue weighted by molar-refractivity contribution is 5.95. The van der Waals surface area contributed by atoms with Crippen molar-refractivity contribution in [1.82, 2.24) is 4.90 Å². The van der Waals surface area contributed by atoms with E-state index in [0.717, 1.165) is 11.3 Å². The topological polar surface area (TPSA) is 77.5 Å². The molecule has 0 saturated carbocycles. The quantitative estimate of drug-likeness (QED) is 0.378. The second-order valence-electron chi connectivity index (χ2n) is 8.53. The van der Waals surface area contributed by atoms with Gasteiger partial charge in [-0.1, -0.05) is 30.9 Å². The van der Waals surface area contributed by atoms with Crippen LogP contribution >= 0.6 is 0 Å². The summed E-state index contributed by atoms with van der Waals surface area (Å²) in [6, 6.07) is 13.2. The van der Waals surface area contributed by atoms with Crippen molar-refractivity contribution in [2.75, 3.05) is 44.5 Å². The van der Waals surface area contributed by atoms with Crippen LogP contribution in [0, 0.1) is 5.92 Å². The van der Waals surface area contributed by atoms with Gasteiger partial charge in [0.25, 0.3) is 0 Å². The van der Waals surface area contributed by atoms with E-state index in [1.54, 1.807) is 11.0 Å². The molecule has 2 heterocycles. The van der Waals surface area contributed by atoms with Crippen molar-refractivity contribution in [2.45, 2.75) is 26.3 Å². The second kappa shape index (κ2) is 11.8. The standard InChI is InChI=1S/C27H32N2O6/c1-3-15-33-23-8-6-5-7-21(23)17-29(22-9-10-24-25(16-22)35-19-34-24)26(30)18-28-13-11-20(12-14-28)27(31)32-4-2/h3,5-10,16,20H,1,4,11-15,17-19H2,2H3. The molecule has 0 spiro atoms. The number of anilines is 1. The molecule has 1 fully saturated rings. The Bertz CT molecular complexity index is 1050. The average Bonchev–Trinajstić information content (AvgIpc) is 3.35. The molecular formula is C27H32N2O6. The molecular weight excluding hydrogens is 448 g/mol. The van der Waals surface area contributed by atoms with Crippen molar-refractivity contribution in [3.8, 4) is 17.2 Å². The molecule has 0 bridgehead atoms. The lowest BCUT2D eigenvalue weighted by molar-refractivity contribution is -0.149. The Hall–Kier alpha value is -3.52. The zero-order valence-corrected chi connectivity index (χ0v) is 20.1. The third-order valence-electron chi connectivity index (χ3n) is 6.19. The number of esters is 1. The first-order valence-electron chi connectivity index (χ1n) is 12.0. The fourth-order valence-corrected chi connectivity index (χ4v) is 4.33. The molecule has 4 rings (SSSR count). The number of para-hydroxylation sites is 1. The van der Waals surface area contributed by atoms with Crippen LogP contribution in [-0.4, -0.2) is 56.4 Å². The summed E-state index contributed by atoms with van der Waals surface area (Å²) < 4.78 is 22.0. The number of amides is 1. The minimum atomic E-state index is -0.142. The van der Waals surface area contributed by atoms with E-state index in [0.29, 0.717) is 62.9 Å².